The second kappa shape index (κ2) is 11.5. The molecular weight excluding hydrogens is 418 g/mol. The highest BCUT2D eigenvalue weighted by atomic mass is 16.5. The number of nitrogens with one attached hydrogen (secondary N) is 2. The van der Waals surface area contributed by atoms with E-state index in [0.717, 1.165) is 12.0 Å². The van der Waals surface area contributed by atoms with Crippen molar-refractivity contribution in [1.29, 1.82) is 0 Å². The van der Waals surface area contributed by atoms with E-state index in [2.05, 4.69) is 10.6 Å². The van der Waals surface area contributed by atoms with Crippen molar-refractivity contribution in [2.75, 3.05) is 26.7 Å². The lowest BCUT2D eigenvalue weighted by molar-refractivity contribution is -0.124. The van der Waals surface area contributed by atoms with E-state index in [4.69, 9.17) is 4.74 Å². The number of likely N-dealkylation sites (tertiary alicyclic amines) is 1. The van der Waals surface area contributed by atoms with Crippen molar-refractivity contribution in [2.45, 2.75) is 39.2 Å². The molecule has 0 bridgehead atoms. The molecule has 176 valence electrons. The van der Waals surface area contributed by atoms with E-state index < -0.39 is 6.04 Å². The average molecular weight is 452 g/mol. The third-order valence-corrected chi connectivity index (χ3v) is 6.05. The van der Waals surface area contributed by atoms with Crippen LogP contribution >= 0.6 is 0 Å². The Morgan fingerprint density at radius 2 is 1.76 bits per heavy atom. The predicted octanol–water partition coefficient (Wildman–Crippen LogP) is 3.18. The number of nitrogens with zero attached hydrogens (tertiary/aromatic N) is 1. The van der Waals surface area contributed by atoms with Gasteiger partial charge in [0.15, 0.2) is 0 Å². The lowest BCUT2D eigenvalue weighted by Gasteiger charge is -2.36. The molecule has 3 amide bonds. The summed E-state index contributed by atoms with van der Waals surface area (Å²) in [7, 11) is 1.57. The van der Waals surface area contributed by atoms with Crippen LogP contribution in [0.25, 0.3) is 0 Å². The number of carbonyl (C=O) groups excluding carboxylic acids is 3. The molecular formula is C26H33N3O4. The maximum Gasteiger partial charge on any atom is 0.253 e. The number of hydrogen-bond donors (Lipinski definition) is 2. The quantitative estimate of drug-likeness (QED) is 0.645. The molecule has 1 fully saturated rings. The lowest BCUT2D eigenvalue weighted by Crippen LogP contribution is -2.54. The highest BCUT2D eigenvalue weighted by Crippen LogP contribution is 2.24. The fourth-order valence-corrected chi connectivity index (χ4v) is 4.06. The molecule has 1 aliphatic rings. The number of rotatable bonds is 8. The number of benzene rings is 2. The molecule has 2 aromatic rings. The fraction of sp³-hybridized carbons (Fsp3) is 0.423. The minimum Gasteiger partial charge on any atom is -0.497 e. The molecule has 0 aliphatic carbocycles. The number of amides is 3. The molecule has 0 saturated carbocycles. The van der Waals surface area contributed by atoms with Crippen LogP contribution in [0.2, 0.25) is 0 Å². The summed E-state index contributed by atoms with van der Waals surface area (Å²) in [6, 6.07) is 13.8. The number of piperidine rings is 1. The highest BCUT2D eigenvalue weighted by Gasteiger charge is 2.34. The first-order chi connectivity index (χ1) is 15.9. The van der Waals surface area contributed by atoms with Crippen LogP contribution in [0, 0.1) is 12.8 Å². The number of ether oxygens (including phenoxy) is 1. The van der Waals surface area contributed by atoms with Crippen molar-refractivity contribution in [2.24, 2.45) is 5.92 Å². The van der Waals surface area contributed by atoms with E-state index in [1.807, 2.05) is 26.0 Å². The zero-order chi connectivity index (χ0) is 23.8. The molecule has 2 N–H and O–H groups in total. The van der Waals surface area contributed by atoms with Crippen LogP contribution in [-0.2, 0) is 4.79 Å². The van der Waals surface area contributed by atoms with Gasteiger partial charge in [-0.05, 0) is 62.4 Å². The van der Waals surface area contributed by atoms with Gasteiger partial charge < -0.3 is 20.3 Å². The van der Waals surface area contributed by atoms with E-state index in [0.29, 0.717) is 49.4 Å². The summed E-state index contributed by atoms with van der Waals surface area (Å²) in [5.74, 6) is 0.104. The predicted molar refractivity (Wildman–Crippen MR) is 127 cm³/mol. The van der Waals surface area contributed by atoms with Crippen molar-refractivity contribution < 1.29 is 19.1 Å². The Balaban J connectivity index is 1.67. The third-order valence-electron chi connectivity index (χ3n) is 6.05. The lowest BCUT2D eigenvalue weighted by atomic mass is 9.88. The molecule has 3 rings (SSSR count). The standard InChI is InChI=1S/C26H33N3O4/c1-4-14-27-25(31)23(28-24(30)20-10-8-18(2)9-11-20)19-12-15-29(16-13-19)26(32)21-6-5-7-22(17-21)33-3/h5-11,17,19,23H,4,12-16H2,1-3H3,(H,27,31)(H,28,30)/t23-/m1/s1. The summed E-state index contributed by atoms with van der Waals surface area (Å²) < 4.78 is 5.22. The van der Waals surface area contributed by atoms with E-state index in [1.54, 1.807) is 48.4 Å². The molecule has 1 heterocycles. The van der Waals surface area contributed by atoms with E-state index in [-0.39, 0.29) is 23.6 Å². The van der Waals surface area contributed by atoms with Crippen LogP contribution in [0.4, 0.5) is 0 Å². The van der Waals surface area contributed by atoms with E-state index >= 15 is 0 Å². The van der Waals surface area contributed by atoms with Crippen LogP contribution < -0.4 is 15.4 Å². The monoisotopic (exact) mass is 451 g/mol. The largest absolute Gasteiger partial charge is 0.497 e. The molecule has 33 heavy (non-hydrogen) atoms. The van der Waals surface area contributed by atoms with Crippen LogP contribution in [0.5, 0.6) is 5.75 Å². The van der Waals surface area contributed by atoms with Gasteiger partial charge in [-0.3, -0.25) is 14.4 Å². The molecule has 7 heteroatoms. The van der Waals surface area contributed by atoms with Crippen LogP contribution in [0.15, 0.2) is 48.5 Å². The first-order valence-electron chi connectivity index (χ1n) is 11.5. The highest BCUT2D eigenvalue weighted by molar-refractivity contribution is 5.98. The summed E-state index contributed by atoms with van der Waals surface area (Å²) >= 11 is 0. The van der Waals surface area contributed by atoms with Gasteiger partial charge in [0.1, 0.15) is 11.8 Å². The summed E-state index contributed by atoms with van der Waals surface area (Å²) in [5, 5.41) is 5.87. The van der Waals surface area contributed by atoms with Gasteiger partial charge in [-0.1, -0.05) is 30.7 Å². The number of hydrogen-bond acceptors (Lipinski definition) is 4. The van der Waals surface area contributed by atoms with Gasteiger partial charge in [0, 0.05) is 30.8 Å². The zero-order valence-corrected chi connectivity index (χ0v) is 19.6. The van der Waals surface area contributed by atoms with Crippen LogP contribution in [0.3, 0.4) is 0 Å². The Hall–Kier alpha value is -3.35. The van der Waals surface area contributed by atoms with Gasteiger partial charge in [-0.2, -0.15) is 0 Å². The van der Waals surface area contributed by atoms with Crippen molar-refractivity contribution in [3.63, 3.8) is 0 Å². The summed E-state index contributed by atoms with van der Waals surface area (Å²) in [6.07, 6.45) is 2.08. The van der Waals surface area contributed by atoms with E-state index in [1.165, 1.54) is 0 Å². The molecule has 7 nitrogen and oxygen atoms in total. The maximum absolute atomic E-state index is 12.9. The minimum absolute atomic E-state index is 0.0504. The van der Waals surface area contributed by atoms with Crippen molar-refractivity contribution in [1.82, 2.24) is 15.5 Å². The smallest absolute Gasteiger partial charge is 0.253 e. The van der Waals surface area contributed by atoms with Gasteiger partial charge in [-0.15, -0.1) is 0 Å². The Morgan fingerprint density at radius 3 is 2.39 bits per heavy atom. The van der Waals surface area contributed by atoms with Gasteiger partial charge in [0.2, 0.25) is 5.91 Å². The van der Waals surface area contributed by atoms with E-state index in [9.17, 15) is 14.4 Å². The maximum atomic E-state index is 12.9. The fourth-order valence-electron chi connectivity index (χ4n) is 4.06. The average Bonchev–Trinajstić information content (AvgIpc) is 2.85. The summed E-state index contributed by atoms with van der Waals surface area (Å²) in [6.45, 7) is 5.56. The van der Waals surface area contributed by atoms with Crippen molar-refractivity contribution in [3.8, 4) is 5.75 Å². The topological polar surface area (TPSA) is 87.7 Å². The molecule has 1 saturated heterocycles. The second-order valence-electron chi connectivity index (χ2n) is 8.47. The Morgan fingerprint density at radius 1 is 1.06 bits per heavy atom. The summed E-state index contributed by atoms with van der Waals surface area (Å²) in [4.78, 5) is 40.5. The molecule has 1 aliphatic heterocycles. The SMILES string of the molecule is CCCNC(=O)[C@H](NC(=O)c1ccc(C)cc1)C1CCN(C(=O)c2cccc(OC)c2)CC1. The van der Waals surface area contributed by atoms with Gasteiger partial charge >= 0.3 is 0 Å². The number of carbonyl (C=O) groups is 3. The van der Waals surface area contributed by atoms with Gasteiger partial charge in [0.05, 0.1) is 7.11 Å². The Labute approximate surface area is 195 Å². The normalized spacial score (nSPS) is 14.9. The number of aryl methyl sites for hydroxylation is 1. The second-order valence-corrected chi connectivity index (χ2v) is 8.47. The van der Waals surface area contributed by atoms with Gasteiger partial charge in [-0.25, -0.2) is 0 Å². The number of methoxy groups -OCH3 is 1. The van der Waals surface area contributed by atoms with Crippen molar-refractivity contribution >= 4 is 17.7 Å². The zero-order valence-electron chi connectivity index (χ0n) is 19.6. The first-order valence-corrected chi connectivity index (χ1v) is 11.5. The molecule has 0 unspecified atom stereocenters. The molecule has 0 aromatic heterocycles. The molecule has 2 aromatic carbocycles. The Kier molecular flexibility index (Phi) is 8.46. The first kappa shape index (κ1) is 24.3. The van der Waals surface area contributed by atoms with Gasteiger partial charge in [0.25, 0.3) is 11.8 Å². The molecule has 0 spiro atoms. The minimum atomic E-state index is -0.639. The molecule has 0 radical (unpaired) electrons. The van der Waals surface area contributed by atoms with Crippen molar-refractivity contribution in [3.05, 3.63) is 65.2 Å². The summed E-state index contributed by atoms with van der Waals surface area (Å²) in [5.41, 5.74) is 2.18. The molecule has 1 atom stereocenters. The van der Waals surface area contributed by atoms with Crippen LogP contribution in [-0.4, -0.2) is 55.4 Å². The van der Waals surface area contributed by atoms with Crippen LogP contribution in [0.1, 0.15) is 52.5 Å². The third kappa shape index (κ3) is 6.34. The Bertz CT molecular complexity index is 966.